The van der Waals surface area contributed by atoms with Crippen LogP contribution in [-0.4, -0.2) is 20.1 Å². The molecule has 2 aromatic carbocycles. The van der Waals surface area contributed by atoms with Crippen molar-refractivity contribution in [2.45, 2.75) is 20.0 Å². The maximum atomic E-state index is 5.24. The molecule has 0 aliphatic carbocycles. The number of aryl methyl sites for hydroxylation is 1. The van der Waals surface area contributed by atoms with E-state index in [1.165, 1.54) is 11.1 Å². The molecule has 2 N–H and O–H groups in total. The van der Waals surface area contributed by atoms with Crippen LogP contribution in [0.25, 0.3) is 0 Å². The summed E-state index contributed by atoms with van der Waals surface area (Å²) in [6, 6.07) is 14.5. The van der Waals surface area contributed by atoms with Gasteiger partial charge in [-0.05, 0) is 46.1 Å². The van der Waals surface area contributed by atoms with Crippen LogP contribution in [0.5, 0.6) is 5.75 Å². The lowest BCUT2D eigenvalue weighted by atomic mass is 10.1. The largest absolute Gasteiger partial charge is 0.496 e. The number of nitrogens with one attached hydrogen (secondary N) is 2. The zero-order valence-corrected chi connectivity index (χ0v) is 15.3. The predicted molar refractivity (Wildman–Crippen MR) is 98.9 cm³/mol. The Morgan fingerprint density at radius 1 is 1.04 bits per heavy atom. The van der Waals surface area contributed by atoms with E-state index in [4.69, 9.17) is 4.74 Å². The van der Waals surface area contributed by atoms with Crippen LogP contribution < -0.4 is 15.4 Å². The Morgan fingerprint density at radius 3 is 2.22 bits per heavy atom. The molecular weight excluding hydrogens is 354 g/mol. The number of halogens is 1. The lowest BCUT2D eigenvalue weighted by Crippen LogP contribution is -2.36. The zero-order chi connectivity index (χ0) is 16.7. The molecule has 0 amide bonds. The van der Waals surface area contributed by atoms with Crippen LogP contribution in [-0.2, 0) is 13.1 Å². The number of rotatable bonds is 5. The molecule has 23 heavy (non-hydrogen) atoms. The molecule has 2 aromatic rings. The first-order valence-electron chi connectivity index (χ1n) is 7.45. The minimum absolute atomic E-state index is 0.691. The van der Waals surface area contributed by atoms with Gasteiger partial charge in [0, 0.05) is 20.1 Å². The minimum atomic E-state index is 0.691. The van der Waals surface area contributed by atoms with Gasteiger partial charge in [-0.25, -0.2) is 0 Å². The van der Waals surface area contributed by atoms with Crippen LogP contribution in [0.1, 0.15) is 16.7 Å². The first-order chi connectivity index (χ1) is 11.1. The van der Waals surface area contributed by atoms with E-state index in [1.54, 1.807) is 14.2 Å². The quantitative estimate of drug-likeness (QED) is 0.619. The van der Waals surface area contributed by atoms with Gasteiger partial charge in [0.15, 0.2) is 5.96 Å². The number of benzene rings is 2. The Kier molecular flexibility index (Phi) is 6.47. The van der Waals surface area contributed by atoms with E-state index in [0.29, 0.717) is 6.54 Å². The molecule has 5 heteroatoms. The van der Waals surface area contributed by atoms with E-state index in [0.717, 1.165) is 28.3 Å². The van der Waals surface area contributed by atoms with Gasteiger partial charge in [-0.1, -0.05) is 35.9 Å². The first-order valence-corrected chi connectivity index (χ1v) is 8.24. The minimum Gasteiger partial charge on any atom is -0.496 e. The Morgan fingerprint density at radius 2 is 1.65 bits per heavy atom. The molecule has 0 saturated carbocycles. The van der Waals surface area contributed by atoms with Gasteiger partial charge in [0.1, 0.15) is 5.75 Å². The molecule has 0 heterocycles. The van der Waals surface area contributed by atoms with E-state index >= 15 is 0 Å². The third kappa shape index (κ3) is 5.28. The summed E-state index contributed by atoms with van der Waals surface area (Å²) in [5.74, 6) is 1.60. The highest BCUT2D eigenvalue weighted by molar-refractivity contribution is 9.10. The average Bonchev–Trinajstić information content (AvgIpc) is 2.56. The second kappa shape index (κ2) is 8.58. The number of hydrogen-bond acceptors (Lipinski definition) is 2. The Labute approximate surface area is 146 Å². The number of ether oxygens (including phenoxy) is 1. The molecule has 0 fully saturated rings. The molecule has 0 unspecified atom stereocenters. The molecule has 2 rings (SSSR count). The Balaban J connectivity index is 1.87. The molecule has 0 bridgehead atoms. The summed E-state index contributed by atoms with van der Waals surface area (Å²) in [6.45, 7) is 3.52. The summed E-state index contributed by atoms with van der Waals surface area (Å²) < 4.78 is 6.19. The molecule has 122 valence electrons. The van der Waals surface area contributed by atoms with E-state index in [9.17, 15) is 0 Å². The average molecular weight is 376 g/mol. The van der Waals surface area contributed by atoms with E-state index < -0.39 is 0 Å². The van der Waals surface area contributed by atoms with Crippen LogP contribution in [0, 0.1) is 6.92 Å². The summed E-state index contributed by atoms with van der Waals surface area (Å²) in [4.78, 5) is 4.25. The van der Waals surface area contributed by atoms with Gasteiger partial charge in [-0.15, -0.1) is 0 Å². The topological polar surface area (TPSA) is 45.7 Å². The smallest absolute Gasteiger partial charge is 0.191 e. The highest BCUT2D eigenvalue weighted by Crippen LogP contribution is 2.25. The van der Waals surface area contributed by atoms with E-state index in [1.807, 2.05) is 18.2 Å². The van der Waals surface area contributed by atoms with Gasteiger partial charge < -0.3 is 15.4 Å². The summed E-state index contributed by atoms with van der Waals surface area (Å²) in [7, 11) is 3.43. The van der Waals surface area contributed by atoms with Crippen LogP contribution in [0.2, 0.25) is 0 Å². The molecular formula is C18H22BrN3O. The van der Waals surface area contributed by atoms with Crippen LogP contribution in [0.15, 0.2) is 51.9 Å². The molecule has 0 saturated heterocycles. The Bertz CT molecular complexity index is 668. The van der Waals surface area contributed by atoms with Crippen LogP contribution in [0.3, 0.4) is 0 Å². The molecule has 0 aromatic heterocycles. The fourth-order valence-electron chi connectivity index (χ4n) is 2.12. The summed E-state index contributed by atoms with van der Waals surface area (Å²) in [5, 5.41) is 6.62. The van der Waals surface area contributed by atoms with Gasteiger partial charge in [0.05, 0.1) is 11.6 Å². The molecule has 0 atom stereocenters. The first kappa shape index (κ1) is 17.3. The molecule has 0 radical (unpaired) electrons. The van der Waals surface area contributed by atoms with Gasteiger partial charge in [-0.3, -0.25) is 4.99 Å². The molecule has 0 spiro atoms. The third-order valence-electron chi connectivity index (χ3n) is 3.48. The van der Waals surface area contributed by atoms with Crippen LogP contribution in [0.4, 0.5) is 0 Å². The van der Waals surface area contributed by atoms with Gasteiger partial charge in [0.25, 0.3) is 0 Å². The van der Waals surface area contributed by atoms with Crippen molar-refractivity contribution in [3.05, 3.63) is 63.6 Å². The summed E-state index contributed by atoms with van der Waals surface area (Å²) in [6.07, 6.45) is 0. The number of guanidine groups is 1. The standard InChI is InChI=1S/C18H22BrN3O/c1-13-4-6-14(7-5-13)11-21-18(20-2)22-12-15-8-9-17(23-3)16(19)10-15/h4-10H,11-12H2,1-3H3,(H2,20,21,22). The van der Waals surface area contributed by atoms with E-state index in [2.05, 4.69) is 62.7 Å². The second-order valence-corrected chi connectivity index (χ2v) is 6.09. The van der Waals surface area contributed by atoms with Crippen LogP contribution >= 0.6 is 15.9 Å². The SMILES string of the molecule is CN=C(NCc1ccc(C)cc1)NCc1ccc(OC)c(Br)c1. The molecule has 4 nitrogen and oxygen atoms in total. The van der Waals surface area contributed by atoms with Crippen molar-refractivity contribution in [2.75, 3.05) is 14.2 Å². The van der Waals surface area contributed by atoms with Crippen molar-refractivity contribution in [1.29, 1.82) is 0 Å². The summed E-state index contributed by atoms with van der Waals surface area (Å²) in [5.41, 5.74) is 3.64. The number of aliphatic imine (C=N–C) groups is 1. The zero-order valence-electron chi connectivity index (χ0n) is 13.7. The second-order valence-electron chi connectivity index (χ2n) is 5.23. The lowest BCUT2D eigenvalue weighted by molar-refractivity contribution is 0.412. The highest BCUT2D eigenvalue weighted by atomic mass is 79.9. The van der Waals surface area contributed by atoms with Crippen molar-refractivity contribution >= 4 is 21.9 Å². The van der Waals surface area contributed by atoms with Crippen molar-refractivity contribution in [2.24, 2.45) is 4.99 Å². The van der Waals surface area contributed by atoms with Crippen molar-refractivity contribution in [3.8, 4) is 5.75 Å². The molecule has 0 aliphatic heterocycles. The maximum absolute atomic E-state index is 5.24. The van der Waals surface area contributed by atoms with Gasteiger partial charge >= 0.3 is 0 Å². The predicted octanol–water partition coefficient (Wildman–Crippen LogP) is 3.63. The van der Waals surface area contributed by atoms with Crippen molar-refractivity contribution in [1.82, 2.24) is 10.6 Å². The van der Waals surface area contributed by atoms with E-state index in [-0.39, 0.29) is 0 Å². The fraction of sp³-hybridized carbons (Fsp3) is 0.278. The summed E-state index contributed by atoms with van der Waals surface area (Å²) >= 11 is 3.50. The number of nitrogens with zero attached hydrogens (tertiary/aromatic N) is 1. The van der Waals surface area contributed by atoms with Crippen molar-refractivity contribution < 1.29 is 4.74 Å². The molecule has 0 aliphatic rings. The normalized spacial score (nSPS) is 11.2. The highest BCUT2D eigenvalue weighted by Gasteiger charge is 2.03. The number of methoxy groups -OCH3 is 1. The monoisotopic (exact) mass is 375 g/mol. The van der Waals surface area contributed by atoms with Gasteiger partial charge in [-0.2, -0.15) is 0 Å². The van der Waals surface area contributed by atoms with Crippen molar-refractivity contribution in [3.63, 3.8) is 0 Å². The maximum Gasteiger partial charge on any atom is 0.191 e. The lowest BCUT2D eigenvalue weighted by Gasteiger charge is -2.13. The van der Waals surface area contributed by atoms with Gasteiger partial charge in [0.2, 0.25) is 0 Å². The fourth-order valence-corrected chi connectivity index (χ4v) is 2.71. The number of hydrogen-bond donors (Lipinski definition) is 2. The Hall–Kier alpha value is -2.01. The third-order valence-corrected chi connectivity index (χ3v) is 4.10.